The lowest BCUT2D eigenvalue weighted by atomic mass is 10.1. The summed E-state index contributed by atoms with van der Waals surface area (Å²) >= 11 is 1.27. The molecule has 1 N–H and O–H groups in total. The van der Waals surface area contributed by atoms with E-state index in [1.807, 2.05) is 39.0 Å². The van der Waals surface area contributed by atoms with Crippen LogP contribution >= 0.6 is 11.8 Å². The van der Waals surface area contributed by atoms with Crippen LogP contribution in [-0.4, -0.2) is 36.0 Å². The Balaban J connectivity index is 2.02. The number of benzene rings is 1. The molecule has 7 heteroatoms. The molecule has 1 atom stereocenters. The Morgan fingerprint density at radius 2 is 2.14 bits per heavy atom. The summed E-state index contributed by atoms with van der Waals surface area (Å²) < 4.78 is 10.4. The van der Waals surface area contributed by atoms with Crippen LogP contribution in [0.1, 0.15) is 20.8 Å². The first-order chi connectivity index (χ1) is 10.3. The van der Waals surface area contributed by atoms with Crippen molar-refractivity contribution in [2.45, 2.75) is 31.7 Å². The Kier molecular flexibility index (Phi) is 4.85. The number of amides is 2. The summed E-state index contributed by atoms with van der Waals surface area (Å²) in [5, 5.41) is 2.67. The number of nitrogens with zero attached hydrogens (tertiary/aromatic N) is 1. The van der Waals surface area contributed by atoms with Crippen LogP contribution in [0.2, 0.25) is 0 Å². The summed E-state index contributed by atoms with van der Waals surface area (Å²) in [6.07, 6.45) is -0.592. The molecule has 1 aliphatic rings. The van der Waals surface area contributed by atoms with Crippen LogP contribution in [0.25, 0.3) is 0 Å². The average molecular weight is 324 g/mol. The van der Waals surface area contributed by atoms with Gasteiger partial charge in [-0.25, -0.2) is 4.79 Å². The number of carbonyl (C=O) groups is 2. The number of hydrogen-bond donors (Lipinski definition) is 1. The molecule has 1 aromatic carbocycles. The Morgan fingerprint density at radius 1 is 1.41 bits per heavy atom. The Morgan fingerprint density at radius 3 is 2.77 bits per heavy atom. The molecule has 1 saturated heterocycles. The lowest BCUT2D eigenvalue weighted by Crippen LogP contribution is -2.43. The van der Waals surface area contributed by atoms with E-state index in [-0.39, 0.29) is 5.91 Å². The number of hydrogen-bond acceptors (Lipinski definition) is 5. The zero-order chi connectivity index (χ0) is 16.3. The van der Waals surface area contributed by atoms with Crippen LogP contribution in [-0.2, 0) is 9.53 Å². The third-order valence-electron chi connectivity index (χ3n) is 2.88. The first kappa shape index (κ1) is 16.5. The highest BCUT2D eigenvalue weighted by Gasteiger charge is 2.36. The molecule has 1 heterocycles. The molecule has 2 amide bonds. The largest absolute Gasteiger partial charge is 0.497 e. The zero-order valence-corrected chi connectivity index (χ0v) is 13.9. The van der Waals surface area contributed by atoms with Crippen LogP contribution in [0.4, 0.5) is 10.5 Å². The fourth-order valence-corrected chi connectivity index (χ4v) is 2.89. The molecular weight excluding hydrogens is 304 g/mol. The molecule has 0 spiro atoms. The summed E-state index contributed by atoms with van der Waals surface area (Å²) in [6, 6.07) is 7.21. The molecule has 0 saturated carbocycles. The average Bonchev–Trinajstić information content (AvgIpc) is 2.78. The summed E-state index contributed by atoms with van der Waals surface area (Å²) in [7, 11) is 1.57. The van der Waals surface area contributed by atoms with Gasteiger partial charge in [0.15, 0.2) is 0 Å². The molecule has 1 aliphatic heterocycles. The quantitative estimate of drug-likeness (QED) is 0.925. The van der Waals surface area contributed by atoms with Gasteiger partial charge in [-0.1, -0.05) is 17.8 Å². The second-order valence-corrected chi connectivity index (χ2v) is 6.90. The zero-order valence-electron chi connectivity index (χ0n) is 13.1. The predicted octanol–water partition coefficient (Wildman–Crippen LogP) is 2.58. The van der Waals surface area contributed by atoms with Gasteiger partial charge in [0.2, 0.25) is 5.44 Å². The number of alkyl carbamates (subject to hydrolysis) is 1. The van der Waals surface area contributed by atoms with E-state index < -0.39 is 17.1 Å². The highest BCUT2D eigenvalue weighted by atomic mass is 32.2. The topological polar surface area (TPSA) is 67.9 Å². The van der Waals surface area contributed by atoms with E-state index in [4.69, 9.17) is 9.47 Å². The van der Waals surface area contributed by atoms with Crippen molar-refractivity contribution >= 4 is 29.4 Å². The van der Waals surface area contributed by atoms with Gasteiger partial charge in [0.05, 0.1) is 13.0 Å². The van der Waals surface area contributed by atoms with Gasteiger partial charge in [0.1, 0.15) is 5.75 Å². The normalized spacial score (nSPS) is 18.3. The van der Waals surface area contributed by atoms with E-state index in [9.17, 15) is 9.59 Å². The standard InChI is InChI=1S/C15H20N2O4S/c1-15(2,3)16-14(19)21-13-12(18)17(9-22-13)10-6-5-7-11(8-10)20-4/h5-8,13H,9H2,1-4H3,(H,16,19). The minimum Gasteiger partial charge on any atom is -0.497 e. The minimum atomic E-state index is -0.825. The van der Waals surface area contributed by atoms with E-state index in [0.29, 0.717) is 11.6 Å². The third-order valence-corrected chi connectivity index (χ3v) is 3.89. The number of thioether (sulfide) groups is 1. The fraction of sp³-hybridized carbons (Fsp3) is 0.467. The second kappa shape index (κ2) is 6.48. The van der Waals surface area contributed by atoms with Crippen molar-refractivity contribution in [1.82, 2.24) is 5.32 Å². The van der Waals surface area contributed by atoms with Crippen molar-refractivity contribution in [2.75, 3.05) is 17.9 Å². The predicted molar refractivity (Wildman–Crippen MR) is 86.1 cm³/mol. The van der Waals surface area contributed by atoms with Gasteiger partial charge >= 0.3 is 6.09 Å². The Labute approximate surface area is 134 Å². The molecule has 0 bridgehead atoms. The van der Waals surface area contributed by atoms with Crippen molar-refractivity contribution in [1.29, 1.82) is 0 Å². The molecule has 1 aromatic rings. The Hall–Kier alpha value is -1.89. The number of ether oxygens (including phenoxy) is 2. The van der Waals surface area contributed by atoms with E-state index in [2.05, 4.69) is 5.32 Å². The van der Waals surface area contributed by atoms with Crippen LogP contribution < -0.4 is 15.0 Å². The van der Waals surface area contributed by atoms with Gasteiger partial charge in [-0.15, -0.1) is 0 Å². The third kappa shape index (κ3) is 4.07. The summed E-state index contributed by atoms with van der Waals surface area (Å²) in [6.45, 7) is 5.54. The maximum atomic E-state index is 12.4. The maximum Gasteiger partial charge on any atom is 0.409 e. The highest BCUT2D eigenvalue weighted by Crippen LogP contribution is 2.31. The molecule has 0 radical (unpaired) electrons. The van der Waals surface area contributed by atoms with Crippen molar-refractivity contribution in [3.8, 4) is 5.75 Å². The van der Waals surface area contributed by atoms with Crippen LogP contribution in [0.15, 0.2) is 24.3 Å². The van der Waals surface area contributed by atoms with E-state index >= 15 is 0 Å². The van der Waals surface area contributed by atoms with Gasteiger partial charge in [0, 0.05) is 17.3 Å². The van der Waals surface area contributed by atoms with Crippen molar-refractivity contribution < 1.29 is 19.1 Å². The molecule has 0 aliphatic carbocycles. The number of anilines is 1. The van der Waals surface area contributed by atoms with Crippen LogP contribution in [0.3, 0.4) is 0 Å². The van der Waals surface area contributed by atoms with Crippen molar-refractivity contribution in [3.05, 3.63) is 24.3 Å². The molecule has 120 valence electrons. The summed E-state index contributed by atoms with van der Waals surface area (Å²) in [5.41, 5.74) is -0.511. The van der Waals surface area contributed by atoms with Gasteiger partial charge < -0.3 is 14.8 Å². The SMILES string of the molecule is COc1cccc(N2CSC(OC(=O)NC(C)(C)C)C2=O)c1. The second-order valence-electron chi connectivity index (χ2n) is 5.88. The highest BCUT2D eigenvalue weighted by molar-refractivity contribution is 8.01. The number of rotatable bonds is 3. The minimum absolute atomic E-state index is 0.248. The molecule has 1 unspecified atom stereocenters. The molecule has 6 nitrogen and oxygen atoms in total. The molecule has 2 rings (SSSR count). The molecule has 22 heavy (non-hydrogen) atoms. The fourth-order valence-electron chi connectivity index (χ4n) is 1.90. The van der Waals surface area contributed by atoms with Gasteiger partial charge in [0.25, 0.3) is 5.91 Å². The number of methoxy groups -OCH3 is 1. The monoisotopic (exact) mass is 324 g/mol. The molecule has 1 fully saturated rings. The van der Waals surface area contributed by atoms with Crippen molar-refractivity contribution in [3.63, 3.8) is 0 Å². The summed E-state index contributed by atoms with van der Waals surface area (Å²) in [5.74, 6) is 0.854. The lowest BCUT2D eigenvalue weighted by molar-refractivity contribution is -0.122. The molecular formula is C15H20N2O4S. The van der Waals surface area contributed by atoms with E-state index in [1.165, 1.54) is 11.8 Å². The maximum absolute atomic E-state index is 12.4. The molecule has 0 aromatic heterocycles. The van der Waals surface area contributed by atoms with Gasteiger partial charge in [-0.05, 0) is 32.9 Å². The van der Waals surface area contributed by atoms with E-state index in [0.717, 1.165) is 5.69 Å². The van der Waals surface area contributed by atoms with Gasteiger partial charge in [-0.3, -0.25) is 9.69 Å². The lowest BCUT2D eigenvalue weighted by Gasteiger charge is -2.21. The van der Waals surface area contributed by atoms with Crippen LogP contribution in [0, 0.1) is 0 Å². The van der Waals surface area contributed by atoms with E-state index in [1.54, 1.807) is 18.1 Å². The van der Waals surface area contributed by atoms with Gasteiger partial charge in [-0.2, -0.15) is 0 Å². The first-order valence-corrected chi connectivity index (χ1v) is 7.91. The first-order valence-electron chi connectivity index (χ1n) is 6.86. The Bertz CT molecular complexity index is 571. The van der Waals surface area contributed by atoms with Crippen molar-refractivity contribution in [2.24, 2.45) is 0 Å². The summed E-state index contributed by atoms with van der Waals surface area (Å²) in [4.78, 5) is 25.7. The van der Waals surface area contributed by atoms with Crippen LogP contribution in [0.5, 0.6) is 5.75 Å². The smallest absolute Gasteiger partial charge is 0.409 e. The number of nitrogens with one attached hydrogen (secondary N) is 1. The number of carbonyl (C=O) groups excluding carboxylic acids is 2.